The molecule has 3 amide bonds. The third kappa shape index (κ3) is 10.9. The van der Waals surface area contributed by atoms with Gasteiger partial charge in [0, 0.05) is 18.5 Å². The molecule has 0 radical (unpaired) electrons. The number of carbonyl (C=O) groups is 3. The molecule has 8 nitrogen and oxygen atoms in total. The molecule has 2 rings (SSSR count). The van der Waals surface area contributed by atoms with E-state index < -0.39 is 29.3 Å². The van der Waals surface area contributed by atoms with Crippen LogP contribution in [-0.4, -0.2) is 51.6 Å². The van der Waals surface area contributed by atoms with E-state index in [1.54, 1.807) is 37.8 Å². The maximum absolute atomic E-state index is 14.4. The first-order chi connectivity index (χ1) is 18.6. The zero-order valence-electron chi connectivity index (χ0n) is 25.3. The molecule has 0 spiro atoms. The Morgan fingerprint density at radius 1 is 0.975 bits per heavy atom. The number of phenols is 1. The summed E-state index contributed by atoms with van der Waals surface area (Å²) < 4.78 is 5.49. The van der Waals surface area contributed by atoms with Crippen LogP contribution in [-0.2, 0) is 20.7 Å². The number of aromatic hydroxyl groups is 1. The lowest BCUT2D eigenvalue weighted by Gasteiger charge is -2.36. The molecule has 0 saturated heterocycles. The molecule has 0 aliphatic carbocycles. The Kier molecular flexibility index (Phi) is 11.6. The Labute approximate surface area is 239 Å². The van der Waals surface area contributed by atoms with Crippen molar-refractivity contribution in [2.75, 3.05) is 6.54 Å². The highest BCUT2D eigenvalue weighted by atomic mass is 16.6. The fourth-order valence-corrected chi connectivity index (χ4v) is 4.37. The molecular weight excluding hydrogens is 506 g/mol. The van der Waals surface area contributed by atoms with Crippen molar-refractivity contribution in [2.45, 2.75) is 104 Å². The summed E-state index contributed by atoms with van der Waals surface area (Å²) in [7, 11) is 0. The van der Waals surface area contributed by atoms with Gasteiger partial charge in [0.2, 0.25) is 11.8 Å². The molecule has 2 unspecified atom stereocenters. The highest BCUT2D eigenvalue weighted by Crippen LogP contribution is 2.26. The van der Waals surface area contributed by atoms with Gasteiger partial charge in [-0.3, -0.25) is 9.59 Å². The van der Waals surface area contributed by atoms with E-state index in [4.69, 9.17) is 4.74 Å². The molecule has 2 aromatic rings. The minimum Gasteiger partial charge on any atom is -0.508 e. The van der Waals surface area contributed by atoms with Gasteiger partial charge in [0.25, 0.3) is 0 Å². The number of benzene rings is 2. The smallest absolute Gasteiger partial charge is 0.408 e. The van der Waals surface area contributed by atoms with Gasteiger partial charge in [-0.15, -0.1) is 0 Å². The van der Waals surface area contributed by atoms with Crippen LogP contribution in [0.1, 0.15) is 90.5 Å². The molecule has 0 fully saturated rings. The Hall–Kier alpha value is -3.55. The van der Waals surface area contributed by atoms with Crippen molar-refractivity contribution in [1.82, 2.24) is 15.5 Å². The van der Waals surface area contributed by atoms with Crippen molar-refractivity contribution in [3.8, 4) is 5.75 Å². The zero-order chi connectivity index (χ0) is 30.1. The summed E-state index contributed by atoms with van der Waals surface area (Å²) in [4.78, 5) is 42.7. The summed E-state index contributed by atoms with van der Waals surface area (Å²) in [6.07, 6.45) is 1.96. The SMILES string of the molecule is CCCCCN(C(=O)C(Cc1ccc(O)cc1)NC(=O)OC(C)(C)C)C(C(=O)NC(C)(C)C)c1cccc(C)c1. The van der Waals surface area contributed by atoms with E-state index in [1.807, 2.05) is 52.0 Å². The van der Waals surface area contributed by atoms with E-state index in [2.05, 4.69) is 17.6 Å². The number of aryl methyl sites for hydroxylation is 1. The van der Waals surface area contributed by atoms with Gasteiger partial charge in [0.1, 0.15) is 23.4 Å². The van der Waals surface area contributed by atoms with Crippen molar-refractivity contribution in [2.24, 2.45) is 0 Å². The minimum atomic E-state index is -1.00. The van der Waals surface area contributed by atoms with Crippen LogP contribution in [0.4, 0.5) is 4.79 Å². The molecular formula is C32H47N3O5. The quantitative estimate of drug-likeness (QED) is 0.304. The average molecular weight is 554 g/mol. The van der Waals surface area contributed by atoms with Gasteiger partial charge >= 0.3 is 6.09 Å². The molecule has 40 heavy (non-hydrogen) atoms. The van der Waals surface area contributed by atoms with Crippen LogP contribution < -0.4 is 10.6 Å². The van der Waals surface area contributed by atoms with E-state index >= 15 is 0 Å². The van der Waals surface area contributed by atoms with Crippen LogP contribution in [0.3, 0.4) is 0 Å². The van der Waals surface area contributed by atoms with Crippen LogP contribution in [0.2, 0.25) is 0 Å². The van der Waals surface area contributed by atoms with Gasteiger partial charge in [-0.1, -0.05) is 61.7 Å². The van der Waals surface area contributed by atoms with Crippen molar-refractivity contribution >= 4 is 17.9 Å². The first-order valence-electron chi connectivity index (χ1n) is 14.1. The van der Waals surface area contributed by atoms with E-state index in [9.17, 15) is 19.5 Å². The maximum atomic E-state index is 14.4. The first kappa shape index (κ1) is 32.7. The highest BCUT2D eigenvalue weighted by molar-refractivity contribution is 5.92. The number of hydrogen-bond donors (Lipinski definition) is 3. The Balaban J connectivity index is 2.58. The lowest BCUT2D eigenvalue weighted by atomic mass is 9.97. The Morgan fingerprint density at radius 3 is 2.17 bits per heavy atom. The monoisotopic (exact) mass is 553 g/mol. The van der Waals surface area contributed by atoms with Gasteiger partial charge in [-0.25, -0.2) is 4.79 Å². The van der Waals surface area contributed by atoms with Gasteiger partial charge in [0.15, 0.2) is 0 Å². The maximum Gasteiger partial charge on any atom is 0.408 e. The standard InChI is InChI=1S/C32H47N3O5/c1-9-10-11-19-35(27(28(37)34-31(3,4)5)24-14-12-13-22(2)20-24)29(38)26(33-30(39)40-32(6,7)8)21-23-15-17-25(36)18-16-23/h12-18,20,26-27,36H,9-11,19,21H2,1-8H3,(H,33,39)(H,34,37). The number of nitrogens with one attached hydrogen (secondary N) is 2. The number of amides is 3. The number of phenolic OH excluding ortho intramolecular Hbond substituents is 1. The summed E-state index contributed by atoms with van der Waals surface area (Å²) in [5.74, 6) is -0.569. The van der Waals surface area contributed by atoms with Crippen LogP contribution in [0, 0.1) is 6.92 Å². The molecule has 0 heterocycles. The van der Waals surface area contributed by atoms with Gasteiger partial charge in [-0.05, 0) is 78.1 Å². The number of rotatable bonds is 11. The lowest BCUT2D eigenvalue weighted by molar-refractivity contribution is -0.143. The number of unbranched alkanes of at least 4 members (excludes halogenated alkanes) is 2. The second-order valence-corrected chi connectivity index (χ2v) is 12.4. The lowest BCUT2D eigenvalue weighted by Crippen LogP contribution is -2.55. The molecule has 2 atom stereocenters. The molecule has 2 aromatic carbocycles. The largest absolute Gasteiger partial charge is 0.508 e. The van der Waals surface area contributed by atoms with Gasteiger partial charge < -0.3 is 25.4 Å². The van der Waals surface area contributed by atoms with E-state index in [0.29, 0.717) is 18.5 Å². The topological polar surface area (TPSA) is 108 Å². The molecule has 0 bridgehead atoms. The number of hydrogen-bond acceptors (Lipinski definition) is 5. The van der Waals surface area contributed by atoms with E-state index in [0.717, 1.165) is 24.0 Å². The summed E-state index contributed by atoms with van der Waals surface area (Å²) in [5, 5.41) is 15.6. The fourth-order valence-electron chi connectivity index (χ4n) is 4.37. The molecule has 3 N–H and O–H groups in total. The normalized spacial score (nSPS) is 13.2. The van der Waals surface area contributed by atoms with Crippen LogP contribution >= 0.6 is 0 Å². The zero-order valence-corrected chi connectivity index (χ0v) is 25.3. The molecule has 0 aliphatic rings. The van der Waals surface area contributed by atoms with Crippen LogP contribution in [0.25, 0.3) is 0 Å². The Morgan fingerprint density at radius 2 is 1.62 bits per heavy atom. The number of ether oxygens (including phenoxy) is 1. The predicted octanol–water partition coefficient (Wildman–Crippen LogP) is 5.81. The van der Waals surface area contributed by atoms with E-state index in [1.165, 1.54) is 12.1 Å². The van der Waals surface area contributed by atoms with Crippen LogP contribution in [0.5, 0.6) is 5.75 Å². The fraction of sp³-hybridized carbons (Fsp3) is 0.531. The first-order valence-corrected chi connectivity index (χ1v) is 14.1. The van der Waals surface area contributed by atoms with Crippen molar-refractivity contribution < 1.29 is 24.2 Å². The minimum absolute atomic E-state index is 0.103. The molecule has 8 heteroatoms. The molecule has 0 saturated carbocycles. The highest BCUT2D eigenvalue weighted by Gasteiger charge is 2.37. The third-order valence-electron chi connectivity index (χ3n) is 6.07. The van der Waals surface area contributed by atoms with E-state index in [-0.39, 0.29) is 24.0 Å². The number of carbonyl (C=O) groups excluding carboxylic acids is 3. The second kappa shape index (κ2) is 14.2. The van der Waals surface area contributed by atoms with Gasteiger partial charge in [-0.2, -0.15) is 0 Å². The Bertz CT molecular complexity index is 1130. The van der Waals surface area contributed by atoms with Crippen LogP contribution in [0.15, 0.2) is 48.5 Å². The molecule has 220 valence electrons. The summed E-state index contributed by atoms with van der Waals surface area (Å²) in [6, 6.07) is 12.2. The molecule has 0 aromatic heterocycles. The summed E-state index contributed by atoms with van der Waals surface area (Å²) >= 11 is 0. The van der Waals surface area contributed by atoms with Crippen molar-refractivity contribution in [3.05, 3.63) is 65.2 Å². The summed E-state index contributed by atoms with van der Waals surface area (Å²) in [6.45, 7) is 15.3. The van der Waals surface area contributed by atoms with Crippen molar-refractivity contribution in [1.29, 1.82) is 0 Å². The number of alkyl carbamates (subject to hydrolysis) is 1. The third-order valence-corrected chi connectivity index (χ3v) is 6.07. The number of nitrogens with zero attached hydrogens (tertiary/aromatic N) is 1. The predicted molar refractivity (Wildman–Crippen MR) is 158 cm³/mol. The molecule has 0 aliphatic heterocycles. The van der Waals surface area contributed by atoms with Crippen molar-refractivity contribution in [3.63, 3.8) is 0 Å². The average Bonchev–Trinajstić information content (AvgIpc) is 2.81. The van der Waals surface area contributed by atoms with Gasteiger partial charge in [0.05, 0.1) is 0 Å². The second-order valence-electron chi connectivity index (χ2n) is 12.4. The summed E-state index contributed by atoms with van der Waals surface area (Å²) in [5.41, 5.74) is 1.14.